The van der Waals surface area contributed by atoms with Crippen molar-refractivity contribution in [1.82, 2.24) is 0 Å². The molecule has 1 unspecified atom stereocenters. The van der Waals surface area contributed by atoms with E-state index >= 15 is 0 Å². The van der Waals surface area contributed by atoms with Crippen LogP contribution in [0.4, 0.5) is 5.69 Å². The number of aliphatic hydroxyl groups excluding tert-OH is 1. The summed E-state index contributed by atoms with van der Waals surface area (Å²) in [5, 5.41) is 11.4. The summed E-state index contributed by atoms with van der Waals surface area (Å²) < 4.78 is 5.76. The van der Waals surface area contributed by atoms with Gasteiger partial charge >= 0.3 is 0 Å². The first-order chi connectivity index (χ1) is 18.0. The summed E-state index contributed by atoms with van der Waals surface area (Å²) in [5.41, 5.74) is 4.14. The van der Waals surface area contributed by atoms with Crippen LogP contribution in [0.3, 0.4) is 0 Å². The zero-order valence-electron chi connectivity index (χ0n) is 23.1. The van der Waals surface area contributed by atoms with Crippen LogP contribution < -0.4 is 9.64 Å². The maximum atomic E-state index is 13.5. The zero-order chi connectivity index (χ0) is 27.6. The van der Waals surface area contributed by atoms with Gasteiger partial charge in [0.25, 0.3) is 11.7 Å². The average molecular weight is 512 g/mol. The van der Waals surface area contributed by atoms with Gasteiger partial charge in [0.05, 0.1) is 18.2 Å². The van der Waals surface area contributed by atoms with Crippen molar-refractivity contribution in [2.75, 3.05) is 11.5 Å². The molecule has 1 fully saturated rings. The molecule has 1 heterocycles. The molecule has 0 aromatic heterocycles. The van der Waals surface area contributed by atoms with E-state index in [0.29, 0.717) is 29.5 Å². The number of nitrogens with zero attached hydrogens (tertiary/aromatic N) is 1. The maximum absolute atomic E-state index is 13.5. The summed E-state index contributed by atoms with van der Waals surface area (Å²) in [6, 6.07) is 21.8. The molecule has 0 bridgehead atoms. The van der Waals surface area contributed by atoms with Gasteiger partial charge in [-0.05, 0) is 70.8 Å². The summed E-state index contributed by atoms with van der Waals surface area (Å²) in [7, 11) is 0. The molecule has 0 saturated carbocycles. The molecule has 3 aromatic rings. The van der Waals surface area contributed by atoms with Gasteiger partial charge in [-0.25, -0.2) is 0 Å². The third kappa shape index (κ3) is 5.52. The van der Waals surface area contributed by atoms with Crippen molar-refractivity contribution < 1.29 is 19.4 Å². The molecule has 5 heteroatoms. The Morgan fingerprint density at radius 1 is 0.921 bits per heavy atom. The van der Waals surface area contributed by atoms with Crippen molar-refractivity contribution in [2.24, 2.45) is 5.92 Å². The molecule has 1 aliphatic rings. The second kappa shape index (κ2) is 10.9. The van der Waals surface area contributed by atoms with E-state index in [1.807, 2.05) is 48.5 Å². The number of ketones is 1. The monoisotopic (exact) mass is 511 g/mol. The lowest BCUT2D eigenvalue weighted by Gasteiger charge is -2.27. The first kappa shape index (κ1) is 27.2. The smallest absolute Gasteiger partial charge is 0.300 e. The highest BCUT2D eigenvalue weighted by Crippen LogP contribution is 2.42. The van der Waals surface area contributed by atoms with Gasteiger partial charge in [-0.3, -0.25) is 14.5 Å². The Kier molecular flexibility index (Phi) is 7.77. The van der Waals surface area contributed by atoms with Crippen LogP contribution in [0, 0.1) is 5.92 Å². The number of benzene rings is 3. The highest BCUT2D eigenvalue weighted by atomic mass is 16.5. The lowest BCUT2D eigenvalue weighted by molar-refractivity contribution is -0.132. The molecular formula is C33H37NO4. The minimum absolute atomic E-state index is 0.0485. The van der Waals surface area contributed by atoms with E-state index in [4.69, 9.17) is 4.74 Å². The molecule has 5 nitrogen and oxygen atoms in total. The van der Waals surface area contributed by atoms with E-state index in [9.17, 15) is 14.7 Å². The SMILES string of the molecule is CCc1ccc(C2/C(=C(\O)c3ccc(OCC(C)C)cc3)C(=O)C(=O)N2c2ccc(C(C)(C)C)cc2)cc1. The zero-order valence-corrected chi connectivity index (χ0v) is 23.1. The number of hydrogen-bond donors (Lipinski definition) is 1. The van der Waals surface area contributed by atoms with E-state index in [1.165, 1.54) is 4.90 Å². The first-order valence-electron chi connectivity index (χ1n) is 13.2. The largest absolute Gasteiger partial charge is 0.507 e. The summed E-state index contributed by atoms with van der Waals surface area (Å²) in [6.07, 6.45) is 0.875. The standard InChI is InChI=1S/C33H37NO4/c1-7-22-8-10-23(11-9-22)29-28(30(35)24-12-18-27(19-13-24)38-20-21(2)3)31(36)32(37)34(29)26-16-14-25(15-17-26)33(4,5)6/h8-19,21,29,35H,7,20H2,1-6H3/b30-28+. The topological polar surface area (TPSA) is 66.8 Å². The Balaban J connectivity index is 1.81. The molecule has 1 aliphatic heterocycles. The van der Waals surface area contributed by atoms with Crippen LogP contribution in [-0.2, 0) is 21.4 Å². The second-order valence-electron chi connectivity index (χ2n) is 11.3. The Hall–Kier alpha value is -3.86. The van der Waals surface area contributed by atoms with E-state index in [0.717, 1.165) is 23.1 Å². The van der Waals surface area contributed by atoms with Crippen LogP contribution in [0.15, 0.2) is 78.4 Å². The number of aryl methyl sites for hydroxylation is 1. The summed E-state index contributed by atoms with van der Waals surface area (Å²) in [4.78, 5) is 28.4. The number of Topliss-reactive ketones (excluding diaryl/α,β-unsaturated/α-hetero) is 1. The fourth-order valence-corrected chi connectivity index (χ4v) is 4.60. The maximum Gasteiger partial charge on any atom is 0.300 e. The number of rotatable bonds is 7. The van der Waals surface area contributed by atoms with Gasteiger partial charge in [0.1, 0.15) is 11.5 Å². The molecule has 198 valence electrons. The van der Waals surface area contributed by atoms with Crippen molar-refractivity contribution in [3.63, 3.8) is 0 Å². The number of amides is 1. The van der Waals surface area contributed by atoms with Crippen LogP contribution >= 0.6 is 0 Å². The van der Waals surface area contributed by atoms with Gasteiger partial charge in [0.15, 0.2) is 0 Å². The lowest BCUT2D eigenvalue weighted by Crippen LogP contribution is -2.29. The highest BCUT2D eigenvalue weighted by molar-refractivity contribution is 6.51. The third-order valence-corrected chi connectivity index (χ3v) is 6.87. The summed E-state index contributed by atoms with van der Waals surface area (Å²) in [6.45, 7) is 13.2. The number of aliphatic hydroxyl groups is 1. The average Bonchev–Trinajstić information content (AvgIpc) is 3.17. The van der Waals surface area contributed by atoms with Crippen molar-refractivity contribution >= 4 is 23.1 Å². The molecule has 38 heavy (non-hydrogen) atoms. The summed E-state index contributed by atoms with van der Waals surface area (Å²) in [5.74, 6) is -0.488. The van der Waals surface area contributed by atoms with Crippen LogP contribution in [0.5, 0.6) is 5.75 Å². The fourth-order valence-electron chi connectivity index (χ4n) is 4.60. The molecule has 4 rings (SSSR count). The van der Waals surface area contributed by atoms with Crippen LogP contribution in [0.25, 0.3) is 5.76 Å². The molecule has 0 aliphatic carbocycles. The molecule has 3 aromatic carbocycles. The Labute approximate surface area is 225 Å². The van der Waals surface area contributed by atoms with Crippen molar-refractivity contribution in [1.29, 1.82) is 0 Å². The quantitative estimate of drug-likeness (QED) is 0.207. The highest BCUT2D eigenvalue weighted by Gasteiger charge is 2.47. The van der Waals surface area contributed by atoms with E-state index < -0.39 is 17.7 Å². The Morgan fingerprint density at radius 2 is 1.53 bits per heavy atom. The fraction of sp³-hybridized carbons (Fsp3) is 0.333. The number of anilines is 1. The lowest BCUT2D eigenvalue weighted by atomic mass is 9.87. The van der Waals surface area contributed by atoms with Crippen LogP contribution in [-0.4, -0.2) is 23.4 Å². The predicted molar refractivity (Wildman–Crippen MR) is 153 cm³/mol. The third-order valence-electron chi connectivity index (χ3n) is 6.87. The minimum Gasteiger partial charge on any atom is -0.507 e. The van der Waals surface area contributed by atoms with Gasteiger partial charge < -0.3 is 9.84 Å². The molecule has 0 radical (unpaired) electrons. The van der Waals surface area contributed by atoms with Crippen LogP contribution in [0.1, 0.15) is 69.8 Å². The Morgan fingerprint density at radius 3 is 2.05 bits per heavy atom. The van der Waals surface area contributed by atoms with Crippen molar-refractivity contribution in [2.45, 2.75) is 59.4 Å². The van der Waals surface area contributed by atoms with Gasteiger partial charge in [0.2, 0.25) is 0 Å². The predicted octanol–water partition coefficient (Wildman–Crippen LogP) is 7.21. The van der Waals surface area contributed by atoms with Gasteiger partial charge in [-0.2, -0.15) is 0 Å². The normalized spacial score (nSPS) is 17.3. The summed E-state index contributed by atoms with van der Waals surface area (Å²) >= 11 is 0. The van der Waals surface area contributed by atoms with E-state index in [2.05, 4.69) is 41.5 Å². The van der Waals surface area contributed by atoms with Gasteiger partial charge in [-0.1, -0.05) is 77.9 Å². The van der Waals surface area contributed by atoms with E-state index in [-0.39, 0.29) is 16.7 Å². The number of hydrogen-bond acceptors (Lipinski definition) is 4. The molecule has 1 atom stereocenters. The molecule has 1 saturated heterocycles. The number of carbonyl (C=O) groups is 2. The number of ether oxygens (including phenoxy) is 1. The van der Waals surface area contributed by atoms with Gasteiger partial charge in [-0.15, -0.1) is 0 Å². The minimum atomic E-state index is -0.752. The van der Waals surface area contributed by atoms with Crippen LogP contribution in [0.2, 0.25) is 0 Å². The molecule has 1 N–H and O–H groups in total. The number of carbonyl (C=O) groups excluding carboxylic acids is 2. The molecule has 1 amide bonds. The van der Waals surface area contributed by atoms with Crippen molar-refractivity contribution in [3.8, 4) is 5.75 Å². The Bertz CT molecular complexity index is 1330. The first-order valence-corrected chi connectivity index (χ1v) is 13.2. The molecular weight excluding hydrogens is 474 g/mol. The molecule has 0 spiro atoms. The second-order valence-corrected chi connectivity index (χ2v) is 11.3. The van der Waals surface area contributed by atoms with Gasteiger partial charge in [0, 0.05) is 11.3 Å². The van der Waals surface area contributed by atoms with Crippen molar-refractivity contribution in [3.05, 3.63) is 101 Å². The van der Waals surface area contributed by atoms with E-state index in [1.54, 1.807) is 24.3 Å².